The first-order chi connectivity index (χ1) is 8.09. The van der Waals surface area contributed by atoms with E-state index >= 15 is 0 Å². The molecule has 0 radical (unpaired) electrons. The number of benzene rings is 2. The van der Waals surface area contributed by atoms with Crippen LogP contribution in [0.2, 0.25) is 10.0 Å². The maximum Gasteiger partial charge on any atom is 0.141 e. The molecule has 0 aliphatic carbocycles. The third-order valence-electron chi connectivity index (χ3n) is 2.50. The maximum absolute atomic E-state index is 9.81. The summed E-state index contributed by atoms with van der Waals surface area (Å²) >= 11 is 11.6. The fourth-order valence-electron chi connectivity index (χ4n) is 1.62. The summed E-state index contributed by atoms with van der Waals surface area (Å²) in [4.78, 5) is 0. The van der Waals surface area contributed by atoms with Gasteiger partial charge in [-0.2, -0.15) is 0 Å². The van der Waals surface area contributed by atoms with Crippen LogP contribution in [0.4, 0.5) is 0 Å². The van der Waals surface area contributed by atoms with Crippen molar-refractivity contribution in [1.82, 2.24) is 0 Å². The van der Waals surface area contributed by atoms with Crippen LogP contribution in [-0.2, 0) is 6.42 Å². The smallest absolute Gasteiger partial charge is 0.141 e. The van der Waals surface area contributed by atoms with E-state index < -0.39 is 0 Å². The Labute approximate surface area is 109 Å². The second-order valence-electron chi connectivity index (χ2n) is 3.68. The second-order valence-corrected chi connectivity index (χ2v) is 4.49. The predicted octanol–water partition coefficient (Wildman–Crippen LogP) is 4.00. The molecule has 0 saturated heterocycles. The van der Waals surface area contributed by atoms with E-state index in [0.717, 1.165) is 5.56 Å². The summed E-state index contributed by atoms with van der Waals surface area (Å²) < 4.78 is 0. The molecule has 0 fully saturated rings. The lowest BCUT2D eigenvalue weighted by Crippen LogP contribution is -1.91. The lowest BCUT2D eigenvalue weighted by Gasteiger charge is -2.10. The lowest BCUT2D eigenvalue weighted by molar-refractivity contribution is 0.441. The SMILES string of the molecule is Oc1c(Cl)cc(Cl)c(O)c1Cc1ccccc1. The fourth-order valence-corrected chi connectivity index (χ4v) is 2.12. The van der Waals surface area contributed by atoms with Crippen LogP contribution in [0.3, 0.4) is 0 Å². The third-order valence-corrected chi connectivity index (χ3v) is 3.08. The number of phenolic OH excluding ortho intramolecular Hbond substituents is 2. The van der Waals surface area contributed by atoms with Crippen LogP contribution in [0.25, 0.3) is 0 Å². The summed E-state index contributed by atoms with van der Waals surface area (Å²) in [5.41, 5.74) is 1.30. The van der Waals surface area contributed by atoms with Crippen LogP contribution in [-0.4, -0.2) is 10.2 Å². The van der Waals surface area contributed by atoms with E-state index in [0.29, 0.717) is 12.0 Å². The van der Waals surface area contributed by atoms with Gasteiger partial charge < -0.3 is 10.2 Å². The number of phenols is 2. The molecule has 0 amide bonds. The third kappa shape index (κ3) is 2.48. The van der Waals surface area contributed by atoms with Crippen molar-refractivity contribution in [2.75, 3.05) is 0 Å². The summed E-state index contributed by atoms with van der Waals surface area (Å²) in [6.45, 7) is 0. The second kappa shape index (κ2) is 4.86. The van der Waals surface area contributed by atoms with Crippen LogP contribution in [0, 0.1) is 0 Å². The monoisotopic (exact) mass is 268 g/mol. The molecule has 0 aromatic heterocycles. The highest BCUT2D eigenvalue weighted by Gasteiger charge is 2.15. The first-order valence-electron chi connectivity index (χ1n) is 5.02. The molecule has 88 valence electrons. The average Bonchev–Trinajstić information content (AvgIpc) is 2.33. The van der Waals surface area contributed by atoms with Crippen molar-refractivity contribution in [3.63, 3.8) is 0 Å². The summed E-state index contributed by atoms with van der Waals surface area (Å²) in [7, 11) is 0. The summed E-state index contributed by atoms with van der Waals surface area (Å²) in [6.07, 6.45) is 0.374. The minimum absolute atomic E-state index is 0.127. The topological polar surface area (TPSA) is 40.5 Å². The Hall–Kier alpha value is -1.38. The molecule has 0 heterocycles. The van der Waals surface area contributed by atoms with E-state index in [4.69, 9.17) is 23.2 Å². The van der Waals surface area contributed by atoms with Gasteiger partial charge in [0.15, 0.2) is 0 Å². The maximum atomic E-state index is 9.81. The molecule has 0 spiro atoms. The van der Waals surface area contributed by atoms with Crippen molar-refractivity contribution in [3.8, 4) is 11.5 Å². The van der Waals surface area contributed by atoms with Gasteiger partial charge in [-0.05, 0) is 11.6 Å². The lowest BCUT2D eigenvalue weighted by atomic mass is 10.0. The highest BCUT2D eigenvalue weighted by molar-refractivity contribution is 6.36. The first-order valence-corrected chi connectivity index (χ1v) is 5.78. The Morgan fingerprint density at radius 2 is 1.41 bits per heavy atom. The molecule has 2 aromatic carbocycles. The van der Waals surface area contributed by atoms with Gasteiger partial charge in [-0.1, -0.05) is 53.5 Å². The highest BCUT2D eigenvalue weighted by Crippen LogP contribution is 2.40. The summed E-state index contributed by atoms with van der Waals surface area (Å²) in [6, 6.07) is 10.8. The van der Waals surface area contributed by atoms with E-state index in [1.807, 2.05) is 30.3 Å². The van der Waals surface area contributed by atoms with E-state index in [-0.39, 0.29) is 21.5 Å². The first kappa shape index (κ1) is 12.1. The molecule has 0 atom stereocenters. The Morgan fingerprint density at radius 3 is 1.94 bits per heavy atom. The molecule has 2 N–H and O–H groups in total. The molecule has 0 saturated carbocycles. The van der Waals surface area contributed by atoms with Gasteiger partial charge in [0.2, 0.25) is 0 Å². The number of hydrogen-bond donors (Lipinski definition) is 2. The Morgan fingerprint density at radius 1 is 0.882 bits per heavy atom. The van der Waals surface area contributed by atoms with Gasteiger partial charge in [0.05, 0.1) is 10.0 Å². The van der Waals surface area contributed by atoms with E-state index in [9.17, 15) is 10.2 Å². The van der Waals surface area contributed by atoms with Crippen LogP contribution in [0.5, 0.6) is 11.5 Å². The molecule has 17 heavy (non-hydrogen) atoms. The zero-order chi connectivity index (χ0) is 12.4. The van der Waals surface area contributed by atoms with Crippen LogP contribution >= 0.6 is 23.2 Å². The van der Waals surface area contributed by atoms with Crippen molar-refractivity contribution < 1.29 is 10.2 Å². The Bertz CT molecular complexity index is 513. The predicted molar refractivity (Wildman–Crippen MR) is 69.0 cm³/mol. The molecule has 0 aliphatic heterocycles. The molecular formula is C13H10Cl2O2. The van der Waals surface area contributed by atoms with Crippen LogP contribution in [0.15, 0.2) is 36.4 Å². The van der Waals surface area contributed by atoms with E-state index in [1.165, 1.54) is 6.07 Å². The molecule has 4 heteroatoms. The minimum atomic E-state index is -0.127. The quantitative estimate of drug-likeness (QED) is 0.865. The van der Waals surface area contributed by atoms with Crippen molar-refractivity contribution >= 4 is 23.2 Å². The Kier molecular flexibility index (Phi) is 3.46. The Balaban J connectivity index is 2.46. The number of rotatable bonds is 2. The zero-order valence-corrected chi connectivity index (χ0v) is 10.3. The molecule has 2 rings (SSSR count). The number of aromatic hydroxyl groups is 2. The average molecular weight is 269 g/mol. The van der Waals surface area contributed by atoms with E-state index in [2.05, 4.69) is 0 Å². The van der Waals surface area contributed by atoms with Crippen molar-refractivity contribution in [2.45, 2.75) is 6.42 Å². The van der Waals surface area contributed by atoms with E-state index in [1.54, 1.807) is 0 Å². The van der Waals surface area contributed by atoms with Crippen molar-refractivity contribution in [2.24, 2.45) is 0 Å². The minimum Gasteiger partial charge on any atom is -0.506 e. The molecule has 0 unspecified atom stereocenters. The van der Waals surface area contributed by atoms with Gasteiger partial charge in [-0.3, -0.25) is 0 Å². The standard InChI is InChI=1S/C13H10Cl2O2/c14-10-7-11(15)13(17)9(12(10)16)6-8-4-2-1-3-5-8/h1-5,7,16-17H,6H2. The van der Waals surface area contributed by atoms with Gasteiger partial charge in [0.1, 0.15) is 11.5 Å². The fraction of sp³-hybridized carbons (Fsp3) is 0.0769. The zero-order valence-electron chi connectivity index (χ0n) is 8.82. The molecule has 0 aliphatic rings. The van der Waals surface area contributed by atoms with Gasteiger partial charge in [-0.15, -0.1) is 0 Å². The number of hydrogen-bond acceptors (Lipinski definition) is 2. The highest BCUT2D eigenvalue weighted by atomic mass is 35.5. The summed E-state index contributed by atoms with van der Waals surface area (Å²) in [5.74, 6) is -0.255. The normalized spacial score (nSPS) is 10.5. The number of halogens is 2. The molecule has 2 aromatic rings. The van der Waals surface area contributed by atoms with Crippen LogP contribution in [0.1, 0.15) is 11.1 Å². The molecule has 2 nitrogen and oxygen atoms in total. The largest absolute Gasteiger partial charge is 0.506 e. The van der Waals surface area contributed by atoms with Gasteiger partial charge in [0, 0.05) is 12.0 Å². The van der Waals surface area contributed by atoms with Crippen molar-refractivity contribution in [1.29, 1.82) is 0 Å². The van der Waals surface area contributed by atoms with Gasteiger partial charge >= 0.3 is 0 Å². The summed E-state index contributed by atoms with van der Waals surface area (Å²) in [5, 5.41) is 19.9. The molecular weight excluding hydrogens is 259 g/mol. The van der Waals surface area contributed by atoms with Crippen molar-refractivity contribution in [3.05, 3.63) is 57.6 Å². The van der Waals surface area contributed by atoms with Gasteiger partial charge in [-0.25, -0.2) is 0 Å². The van der Waals surface area contributed by atoms with Gasteiger partial charge in [0.25, 0.3) is 0 Å². The molecule has 0 bridgehead atoms. The van der Waals surface area contributed by atoms with Crippen LogP contribution < -0.4 is 0 Å².